The summed E-state index contributed by atoms with van der Waals surface area (Å²) in [6.45, 7) is 8.49. The molecule has 3 N–H and O–H groups in total. The Kier molecular flexibility index (Phi) is 4.33. The lowest BCUT2D eigenvalue weighted by Gasteiger charge is -2.28. The summed E-state index contributed by atoms with van der Waals surface area (Å²) in [7, 11) is -1.60. The molecule has 0 atom stereocenters. The fourth-order valence-electron chi connectivity index (χ4n) is 1.24. The zero-order valence-corrected chi connectivity index (χ0v) is 8.01. The quantitative estimate of drug-likeness (QED) is 0.648. The molecule has 1 saturated heterocycles. The van der Waals surface area contributed by atoms with Crippen molar-refractivity contribution in [1.82, 2.24) is 6.15 Å². The molecule has 0 aromatic rings. The molecular formula is C8H17NOSi. The first kappa shape index (κ1) is 10.6. The summed E-state index contributed by atoms with van der Waals surface area (Å²) >= 11 is 0. The topological polar surface area (TPSA) is 44.2 Å². The van der Waals surface area contributed by atoms with Crippen molar-refractivity contribution in [2.75, 3.05) is 6.61 Å². The molecule has 1 aliphatic rings. The van der Waals surface area contributed by atoms with Gasteiger partial charge in [0.1, 0.15) is 0 Å². The van der Waals surface area contributed by atoms with Crippen LogP contribution in [0.4, 0.5) is 0 Å². The largest absolute Gasteiger partial charge is 0.409 e. The van der Waals surface area contributed by atoms with E-state index in [1.54, 1.807) is 0 Å². The molecule has 64 valence electrons. The van der Waals surface area contributed by atoms with Crippen LogP contribution in [-0.2, 0) is 4.43 Å². The van der Waals surface area contributed by atoms with Gasteiger partial charge in [-0.3, -0.25) is 0 Å². The molecule has 11 heavy (non-hydrogen) atoms. The molecule has 0 amide bonds. The normalized spacial score (nSPS) is 21.5. The summed E-state index contributed by atoms with van der Waals surface area (Å²) in [5.41, 5.74) is 3.97. The van der Waals surface area contributed by atoms with Crippen LogP contribution < -0.4 is 6.15 Å². The van der Waals surface area contributed by atoms with Gasteiger partial charge in [0.05, 0.1) is 0 Å². The van der Waals surface area contributed by atoms with E-state index in [0.29, 0.717) is 0 Å². The molecule has 1 rings (SSSR count). The van der Waals surface area contributed by atoms with Gasteiger partial charge in [-0.2, -0.15) is 0 Å². The number of hydrogen-bond acceptors (Lipinski definition) is 2. The molecule has 0 saturated carbocycles. The van der Waals surface area contributed by atoms with Crippen molar-refractivity contribution in [1.29, 1.82) is 0 Å². The fraction of sp³-hybridized carbons (Fsp3) is 0.500. The van der Waals surface area contributed by atoms with Gasteiger partial charge in [0.25, 0.3) is 0 Å². The van der Waals surface area contributed by atoms with E-state index in [9.17, 15) is 0 Å². The minimum atomic E-state index is -1.60. The second-order valence-corrected chi connectivity index (χ2v) is 6.18. The van der Waals surface area contributed by atoms with Crippen LogP contribution in [-0.4, -0.2) is 14.9 Å². The zero-order chi connectivity index (χ0) is 7.45. The first-order valence-corrected chi connectivity index (χ1v) is 6.01. The predicted molar refractivity (Wildman–Crippen MR) is 51.2 cm³/mol. The van der Waals surface area contributed by atoms with Gasteiger partial charge in [0.15, 0.2) is 0 Å². The molecule has 0 aliphatic carbocycles. The van der Waals surface area contributed by atoms with E-state index >= 15 is 0 Å². The van der Waals surface area contributed by atoms with Gasteiger partial charge in [-0.05, 0) is 12.5 Å². The van der Waals surface area contributed by atoms with Gasteiger partial charge in [-0.15, -0.1) is 13.2 Å². The average Bonchev–Trinajstić information content (AvgIpc) is 2.06. The van der Waals surface area contributed by atoms with Crippen molar-refractivity contribution in [2.45, 2.75) is 18.9 Å². The van der Waals surface area contributed by atoms with E-state index in [2.05, 4.69) is 13.2 Å². The average molecular weight is 171 g/mol. The SMILES string of the molecule is C=C[Si]1(C=C)CCCCO1.N. The third-order valence-electron chi connectivity index (χ3n) is 2.02. The van der Waals surface area contributed by atoms with Gasteiger partial charge < -0.3 is 10.6 Å². The Balaban J connectivity index is 0.000001000. The van der Waals surface area contributed by atoms with E-state index in [1.807, 2.05) is 11.4 Å². The lowest BCUT2D eigenvalue weighted by molar-refractivity contribution is 0.282. The standard InChI is InChI=1S/C8H14OSi.H3N/c1-3-10(4-2)8-6-5-7-9-10;/h3-4H,1-2,5-8H2;1H3. The molecule has 3 heteroatoms. The van der Waals surface area contributed by atoms with Gasteiger partial charge >= 0.3 is 0 Å². The van der Waals surface area contributed by atoms with Crippen LogP contribution >= 0.6 is 0 Å². The summed E-state index contributed by atoms with van der Waals surface area (Å²) in [5.74, 6) is 0. The van der Waals surface area contributed by atoms with Crippen LogP contribution in [0.25, 0.3) is 0 Å². The monoisotopic (exact) mass is 171 g/mol. The first-order valence-electron chi connectivity index (χ1n) is 3.74. The molecule has 0 aromatic carbocycles. The third-order valence-corrected chi connectivity index (χ3v) is 5.28. The highest BCUT2D eigenvalue weighted by Gasteiger charge is 2.29. The van der Waals surface area contributed by atoms with Crippen LogP contribution in [0.15, 0.2) is 24.6 Å². The van der Waals surface area contributed by atoms with Crippen molar-refractivity contribution in [3.05, 3.63) is 24.6 Å². The Morgan fingerprint density at radius 2 is 1.82 bits per heavy atom. The van der Waals surface area contributed by atoms with Crippen molar-refractivity contribution < 1.29 is 4.43 Å². The number of hydrogen-bond donors (Lipinski definition) is 1. The second-order valence-electron chi connectivity index (χ2n) is 2.67. The fourth-order valence-corrected chi connectivity index (χ4v) is 3.52. The van der Waals surface area contributed by atoms with E-state index in [0.717, 1.165) is 6.61 Å². The Morgan fingerprint density at radius 1 is 1.18 bits per heavy atom. The Bertz CT molecular complexity index is 131. The maximum Gasteiger partial charge on any atom is 0.240 e. The van der Waals surface area contributed by atoms with Crippen molar-refractivity contribution in [3.8, 4) is 0 Å². The van der Waals surface area contributed by atoms with Crippen LogP contribution in [0.3, 0.4) is 0 Å². The highest BCUT2D eigenvalue weighted by Crippen LogP contribution is 2.22. The maximum atomic E-state index is 5.67. The molecule has 1 aliphatic heterocycles. The molecule has 0 bridgehead atoms. The molecule has 0 radical (unpaired) electrons. The van der Waals surface area contributed by atoms with E-state index in [-0.39, 0.29) is 6.15 Å². The third kappa shape index (κ3) is 2.29. The Morgan fingerprint density at radius 3 is 2.09 bits per heavy atom. The van der Waals surface area contributed by atoms with Gasteiger partial charge in [-0.25, -0.2) is 0 Å². The smallest absolute Gasteiger partial charge is 0.240 e. The minimum absolute atomic E-state index is 0. The summed E-state index contributed by atoms with van der Waals surface area (Å²) in [4.78, 5) is 0. The summed E-state index contributed by atoms with van der Waals surface area (Å²) < 4.78 is 5.67. The lowest BCUT2D eigenvalue weighted by atomic mass is 10.4. The minimum Gasteiger partial charge on any atom is -0.409 e. The van der Waals surface area contributed by atoms with Crippen molar-refractivity contribution >= 4 is 8.32 Å². The maximum absolute atomic E-state index is 5.67. The van der Waals surface area contributed by atoms with Crippen molar-refractivity contribution in [2.24, 2.45) is 0 Å². The Hall–Kier alpha value is -0.383. The highest BCUT2D eigenvalue weighted by molar-refractivity contribution is 6.83. The van der Waals surface area contributed by atoms with Crippen molar-refractivity contribution in [3.63, 3.8) is 0 Å². The zero-order valence-electron chi connectivity index (χ0n) is 7.01. The van der Waals surface area contributed by atoms with Crippen LogP contribution in [0.2, 0.25) is 6.04 Å². The predicted octanol–water partition coefficient (Wildman–Crippen LogP) is 2.35. The summed E-state index contributed by atoms with van der Waals surface area (Å²) in [6.07, 6.45) is 2.49. The van der Waals surface area contributed by atoms with E-state index in [4.69, 9.17) is 4.43 Å². The van der Waals surface area contributed by atoms with Gasteiger partial charge in [0.2, 0.25) is 8.32 Å². The second kappa shape index (κ2) is 4.49. The molecule has 1 fully saturated rings. The van der Waals surface area contributed by atoms with Crippen LogP contribution in [0.5, 0.6) is 0 Å². The molecule has 0 spiro atoms. The van der Waals surface area contributed by atoms with Crippen LogP contribution in [0, 0.1) is 0 Å². The molecule has 0 unspecified atom stereocenters. The summed E-state index contributed by atoms with van der Waals surface area (Å²) in [6, 6.07) is 1.18. The Labute approximate surface area is 69.7 Å². The van der Waals surface area contributed by atoms with Gasteiger partial charge in [-0.1, -0.05) is 17.8 Å². The lowest BCUT2D eigenvalue weighted by Crippen LogP contribution is -2.37. The molecule has 0 aromatic heterocycles. The van der Waals surface area contributed by atoms with Gasteiger partial charge in [0, 0.05) is 6.61 Å². The highest BCUT2D eigenvalue weighted by atomic mass is 28.4. The van der Waals surface area contributed by atoms with Crippen LogP contribution in [0.1, 0.15) is 12.8 Å². The van der Waals surface area contributed by atoms with E-state index in [1.165, 1.54) is 18.9 Å². The first-order chi connectivity index (χ1) is 4.83. The molecule has 1 heterocycles. The molecular weight excluding hydrogens is 154 g/mol. The van der Waals surface area contributed by atoms with E-state index < -0.39 is 8.32 Å². The number of rotatable bonds is 2. The summed E-state index contributed by atoms with van der Waals surface area (Å²) in [5, 5.41) is 0. The molecule has 2 nitrogen and oxygen atoms in total.